The van der Waals surface area contributed by atoms with Gasteiger partial charge in [0.15, 0.2) is 0 Å². The van der Waals surface area contributed by atoms with Gasteiger partial charge >= 0.3 is 0 Å². The number of amides is 1. The van der Waals surface area contributed by atoms with Crippen molar-refractivity contribution in [2.75, 3.05) is 13.1 Å². The number of H-pyrrole nitrogens is 1. The third-order valence-corrected chi connectivity index (χ3v) is 4.78. The number of aromatic nitrogens is 2. The Kier molecular flexibility index (Phi) is 4.68. The number of carbonyl (C=O) groups is 1. The van der Waals surface area contributed by atoms with Crippen molar-refractivity contribution in [1.29, 1.82) is 0 Å². The smallest absolute Gasteiger partial charge is 0.271 e. The maximum atomic E-state index is 12.7. The van der Waals surface area contributed by atoms with Crippen LogP contribution in [0.3, 0.4) is 0 Å². The van der Waals surface area contributed by atoms with E-state index in [1.54, 1.807) is 6.07 Å². The lowest BCUT2D eigenvalue weighted by Crippen LogP contribution is -2.45. The molecule has 1 aromatic heterocycles. The average molecular weight is 333 g/mol. The van der Waals surface area contributed by atoms with E-state index in [2.05, 4.69) is 10.2 Å². The molecule has 0 aliphatic carbocycles. The zero-order chi connectivity index (χ0) is 16.4. The Bertz CT molecular complexity index is 697. The average Bonchev–Trinajstić information content (AvgIpc) is 3.04. The third-order valence-electron chi connectivity index (χ3n) is 4.45. The highest BCUT2D eigenvalue weighted by atomic mass is 35.5. The van der Waals surface area contributed by atoms with Gasteiger partial charge in [-0.25, -0.2) is 0 Å². The Morgan fingerprint density at radius 1 is 1.48 bits per heavy atom. The molecule has 0 radical (unpaired) electrons. The standard InChI is InChI=1S/C17H21ClN4O/c1-11(19)12-5-4-8-22(10-12)17(23)16-9-15(20-21-16)13-6-2-3-7-14(13)18/h2-3,6-7,9,11-12H,4-5,8,10,19H2,1H3,(H,20,21). The summed E-state index contributed by atoms with van der Waals surface area (Å²) in [5.74, 6) is 0.333. The van der Waals surface area contributed by atoms with Crippen molar-refractivity contribution < 1.29 is 4.79 Å². The zero-order valence-corrected chi connectivity index (χ0v) is 13.9. The first kappa shape index (κ1) is 16.0. The molecule has 5 nitrogen and oxygen atoms in total. The molecule has 2 aromatic rings. The number of carbonyl (C=O) groups excluding carboxylic acids is 1. The molecule has 1 fully saturated rings. The van der Waals surface area contributed by atoms with Crippen LogP contribution in [0.15, 0.2) is 30.3 Å². The molecule has 1 aromatic carbocycles. The van der Waals surface area contributed by atoms with Crippen LogP contribution in [-0.4, -0.2) is 40.1 Å². The highest BCUT2D eigenvalue weighted by Gasteiger charge is 2.27. The number of hydrogen-bond donors (Lipinski definition) is 2. The molecule has 23 heavy (non-hydrogen) atoms. The third kappa shape index (κ3) is 3.41. The molecule has 0 spiro atoms. The summed E-state index contributed by atoms with van der Waals surface area (Å²) in [5.41, 5.74) is 7.98. The number of nitrogens with two attached hydrogens (primary N) is 1. The predicted molar refractivity (Wildman–Crippen MR) is 91.3 cm³/mol. The van der Waals surface area contributed by atoms with E-state index in [1.807, 2.05) is 36.1 Å². The molecule has 1 saturated heterocycles. The van der Waals surface area contributed by atoms with Crippen LogP contribution in [0.1, 0.15) is 30.3 Å². The van der Waals surface area contributed by atoms with Crippen LogP contribution in [0.5, 0.6) is 0 Å². The number of aromatic amines is 1. The maximum Gasteiger partial charge on any atom is 0.271 e. The summed E-state index contributed by atoms with van der Waals surface area (Å²) in [6.07, 6.45) is 2.07. The van der Waals surface area contributed by atoms with Gasteiger partial charge in [-0.05, 0) is 37.8 Å². The van der Waals surface area contributed by atoms with E-state index >= 15 is 0 Å². The van der Waals surface area contributed by atoms with Crippen LogP contribution in [-0.2, 0) is 0 Å². The fourth-order valence-electron chi connectivity index (χ4n) is 3.03. The van der Waals surface area contributed by atoms with Crippen LogP contribution in [0.25, 0.3) is 11.3 Å². The number of hydrogen-bond acceptors (Lipinski definition) is 3. The lowest BCUT2D eigenvalue weighted by atomic mass is 9.92. The van der Waals surface area contributed by atoms with Crippen molar-refractivity contribution in [1.82, 2.24) is 15.1 Å². The number of halogens is 1. The van der Waals surface area contributed by atoms with Gasteiger partial charge in [-0.3, -0.25) is 9.89 Å². The number of piperidine rings is 1. The first-order chi connectivity index (χ1) is 11.1. The molecule has 1 aliphatic heterocycles. The molecular weight excluding hydrogens is 312 g/mol. The molecule has 1 amide bonds. The Morgan fingerprint density at radius 3 is 3.00 bits per heavy atom. The molecule has 6 heteroatoms. The zero-order valence-electron chi connectivity index (χ0n) is 13.1. The molecule has 3 N–H and O–H groups in total. The van der Waals surface area contributed by atoms with E-state index in [4.69, 9.17) is 17.3 Å². The van der Waals surface area contributed by atoms with E-state index < -0.39 is 0 Å². The molecule has 2 unspecified atom stereocenters. The SMILES string of the molecule is CC(N)C1CCCN(C(=O)c2cc(-c3ccccc3Cl)n[nH]2)C1. The number of rotatable bonds is 3. The molecule has 2 heterocycles. The Morgan fingerprint density at radius 2 is 2.26 bits per heavy atom. The van der Waals surface area contributed by atoms with E-state index in [0.717, 1.165) is 24.9 Å². The number of likely N-dealkylation sites (tertiary alicyclic amines) is 1. The molecule has 2 atom stereocenters. The van der Waals surface area contributed by atoms with Gasteiger partial charge in [0.2, 0.25) is 0 Å². The summed E-state index contributed by atoms with van der Waals surface area (Å²) in [5, 5.41) is 7.70. The fraction of sp³-hybridized carbons (Fsp3) is 0.412. The summed E-state index contributed by atoms with van der Waals surface area (Å²) in [6.45, 7) is 3.48. The van der Waals surface area contributed by atoms with E-state index in [9.17, 15) is 4.79 Å². The lowest BCUT2D eigenvalue weighted by Gasteiger charge is -2.34. The first-order valence-corrected chi connectivity index (χ1v) is 8.29. The van der Waals surface area contributed by atoms with Gasteiger partial charge in [-0.15, -0.1) is 0 Å². The minimum atomic E-state index is -0.0267. The number of benzene rings is 1. The van der Waals surface area contributed by atoms with Gasteiger partial charge in [0.05, 0.1) is 10.7 Å². The van der Waals surface area contributed by atoms with Crippen LogP contribution in [0.4, 0.5) is 0 Å². The van der Waals surface area contributed by atoms with Gasteiger partial charge in [0.1, 0.15) is 5.69 Å². The minimum absolute atomic E-state index is 0.0267. The van der Waals surface area contributed by atoms with Crippen molar-refractivity contribution in [3.8, 4) is 11.3 Å². The lowest BCUT2D eigenvalue weighted by molar-refractivity contribution is 0.0655. The molecule has 1 aliphatic rings. The van der Waals surface area contributed by atoms with Crippen LogP contribution in [0.2, 0.25) is 5.02 Å². The second-order valence-corrected chi connectivity index (χ2v) is 6.57. The summed E-state index contributed by atoms with van der Waals surface area (Å²) in [6, 6.07) is 9.33. The van der Waals surface area contributed by atoms with Crippen molar-refractivity contribution in [3.05, 3.63) is 41.0 Å². The number of nitrogens with zero attached hydrogens (tertiary/aromatic N) is 2. The maximum absolute atomic E-state index is 12.7. The van der Waals surface area contributed by atoms with Crippen molar-refractivity contribution in [2.24, 2.45) is 11.7 Å². The first-order valence-electron chi connectivity index (χ1n) is 7.91. The van der Waals surface area contributed by atoms with E-state index in [0.29, 0.717) is 28.9 Å². The van der Waals surface area contributed by atoms with Crippen molar-refractivity contribution in [3.63, 3.8) is 0 Å². The molecule has 0 saturated carbocycles. The largest absolute Gasteiger partial charge is 0.337 e. The Hall–Kier alpha value is -1.85. The summed E-state index contributed by atoms with van der Waals surface area (Å²) >= 11 is 6.19. The predicted octanol–water partition coefficient (Wildman–Crippen LogP) is 2.93. The molecular formula is C17H21ClN4O. The van der Waals surface area contributed by atoms with Crippen LogP contribution >= 0.6 is 11.6 Å². The van der Waals surface area contributed by atoms with Crippen molar-refractivity contribution in [2.45, 2.75) is 25.8 Å². The monoisotopic (exact) mass is 332 g/mol. The fourth-order valence-corrected chi connectivity index (χ4v) is 3.26. The van der Waals surface area contributed by atoms with E-state index in [1.165, 1.54) is 0 Å². The summed E-state index contributed by atoms with van der Waals surface area (Å²) in [7, 11) is 0. The van der Waals surface area contributed by atoms with Gasteiger partial charge in [0, 0.05) is 24.7 Å². The normalized spacial score (nSPS) is 19.6. The quantitative estimate of drug-likeness (QED) is 0.907. The molecule has 0 bridgehead atoms. The van der Waals surface area contributed by atoms with Crippen LogP contribution in [0, 0.1) is 5.92 Å². The van der Waals surface area contributed by atoms with Gasteiger partial charge in [-0.2, -0.15) is 5.10 Å². The summed E-state index contributed by atoms with van der Waals surface area (Å²) < 4.78 is 0. The highest BCUT2D eigenvalue weighted by Crippen LogP contribution is 2.27. The van der Waals surface area contributed by atoms with Gasteiger partial charge in [-0.1, -0.05) is 29.8 Å². The van der Waals surface area contributed by atoms with Crippen molar-refractivity contribution >= 4 is 17.5 Å². The van der Waals surface area contributed by atoms with E-state index in [-0.39, 0.29) is 11.9 Å². The van der Waals surface area contributed by atoms with Crippen LogP contribution < -0.4 is 5.73 Å². The van der Waals surface area contributed by atoms with Gasteiger partial charge in [0.25, 0.3) is 5.91 Å². The highest BCUT2D eigenvalue weighted by molar-refractivity contribution is 6.33. The summed E-state index contributed by atoms with van der Waals surface area (Å²) in [4.78, 5) is 14.5. The minimum Gasteiger partial charge on any atom is -0.337 e. The molecule has 122 valence electrons. The Labute approximate surface area is 140 Å². The topological polar surface area (TPSA) is 75.0 Å². The van der Waals surface area contributed by atoms with Gasteiger partial charge < -0.3 is 10.6 Å². The Balaban J connectivity index is 1.78. The second kappa shape index (κ2) is 6.72. The second-order valence-electron chi connectivity index (χ2n) is 6.16. The number of nitrogens with one attached hydrogen (secondary N) is 1. The molecule has 3 rings (SSSR count).